The molecule has 90 valence electrons. The van der Waals surface area contributed by atoms with Crippen molar-refractivity contribution in [2.24, 2.45) is 5.92 Å². The van der Waals surface area contributed by atoms with Gasteiger partial charge in [-0.05, 0) is 26.4 Å². The normalized spacial score (nSPS) is 28.9. The van der Waals surface area contributed by atoms with Gasteiger partial charge in [-0.3, -0.25) is 0 Å². The molecule has 0 aliphatic carbocycles. The van der Waals surface area contributed by atoms with Gasteiger partial charge in [-0.1, -0.05) is 13.8 Å². The van der Waals surface area contributed by atoms with Crippen LogP contribution >= 0.6 is 0 Å². The molecule has 1 aliphatic heterocycles. The summed E-state index contributed by atoms with van der Waals surface area (Å²) in [4.78, 5) is 2.12. The van der Waals surface area contributed by atoms with Gasteiger partial charge in [0, 0.05) is 19.1 Å². The van der Waals surface area contributed by atoms with E-state index in [9.17, 15) is 8.42 Å². The molecule has 0 aromatic rings. The van der Waals surface area contributed by atoms with Gasteiger partial charge in [-0.2, -0.15) is 0 Å². The lowest BCUT2D eigenvalue weighted by molar-refractivity contribution is 0.263. The first-order valence-corrected chi connectivity index (χ1v) is 7.13. The van der Waals surface area contributed by atoms with Gasteiger partial charge in [0.15, 0.2) is 0 Å². The number of hydrogen-bond acceptors (Lipinski definition) is 3. The first-order chi connectivity index (χ1) is 6.88. The van der Waals surface area contributed by atoms with Crippen LogP contribution in [0.3, 0.4) is 0 Å². The van der Waals surface area contributed by atoms with Gasteiger partial charge in [-0.15, -0.1) is 0 Å². The highest BCUT2D eigenvalue weighted by molar-refractivity contribution is 7.89. The quantitative estimate of drug-likeness (QED) is 0.715. The summed E-state index contributed by atoms with van der Waals surface area (Å²) in [6, 6.07) is 0.358. The lowest BCUT2D eigenvalue weighted by Gasteiger charge is -2.22. The second-order valence-corrected chi connectivity index (χ2v) is 6.73. The van der Waals surface area contributed by atoms with Crippen molar-refractivity contribution in [3.8, 4) is 0 Å². The predicted molar refractivity (Wildman–Crippen MR) is 62.3 cm³/mol. The molecule has 0 bridgehead atoms. The highest BCUT2D eigenvalue weighted by atomic mass is 32.2. The van der Waals surface area contributed by atoms with Crippen molar-refractivity contribution in [2.75, 3.05) is 32.9 Å². The summed E-state index contributed by atoms with van der Waals surface area (Å²) in [6.07, 6.45) is 0.694. The number of rotatable bonds is 4. The summed E-state index contributed by atoms with van der Waals surface area (Å²) in [6.45, 7) is 5.34. The third kappa shape index (κ3) is 2.92. The standard InChI is InChI=1S/C10H22N2O2S/c1-5-6-15(13,14)12-7-9(2)10(8-12)11(3)4/h9-10H,5-8H2,1-4H3. The number of likely N-dealkylation sites (N-methyl/N-ethyl adjacent to an activating group) is 1. The molecule has 1 saturated heterocycles. The van der Waals surface area contributed by atoms with Crippen molar-refractivity contribution in [3.05, 3.63) is 0 Å². The molecule has 1 rings (SSSR count). The molecule has 15 heavy (non-hydrogen) atoms. The molecule has 4 nitrogen and oxygen atoms in total. The van der Waals surface area contributed by atoms with E-state index in [2.05, 4.69) is 11.8 Å². The summed E-state index contributed by atoms with van der Waals surface area (Å²) in [5.74, 6) is 0.700. The Morgan fingerprint density at radius 1 is 1.33 bits per heavy atom. The van der Waals surface area contributed by atoms with E-state index in [0.29, 0.717) is 31.5 Å². The van der Waals surface area contributed by atoms with Crippen molar-refractivity contribution < 1.29 is 8.42 Å². The summed E-state index contributed by atoms with van der Waals surface area (Å²) >= 11 is 0. The van der Waals surface area contributed by atoms with E-state index in [1.54, 1.807) is 4.31 Å². The second-order valence-electron chi connectivity index (χ2n) is 4.64. The van der Waals surface area contributed by atoms with E-state index in [0.717, 1.165) is 0 Å². The van der Waals surface area contributed by atoms with Crippen LogP contribution in [0.5, 0.6) is 0 Å². The molecule has 2 atom stereocenters. The number of sulfonamides is 1. The number of hydrogen-bond donors (Lipinski definition) is 0. The van der Waals surface area contributed by atoms with Crippen LogP contribution in [-0.2, 0) is 10.0 Å². The fourth-order valence-corrected chi connectivity index (χ4v) is 3.81. The van der Waals surface area contributed by atoms with Gasteiger partial charge in [-0.25, -0.2) is 12.7 Å². The van der Waals surface area contributed by atoms with Crippen molar-refractivity contribution in [3.63, 3.8) is 0 Å². The molecular weight excluding hydrogens is 212 g/mol. The van der Waals surface area contributed by atoms with Gasteiger partial charge < -0.3 is 4.90 Å². The maximum atomic E-state index is 11.9. The molecule has 0 spiro atoms. The zero-order valence-corrected chi connectivity index (χ0v) is 10.9. The van der Waals surface area contributed by atoms with Crippen molar-refractivity contribution >= 4 is 10.0 Å². The maximum absolute atomic E-state index is 11.9. The molecule has 0 aromatic heterocycles. The molecule has 0 amide bonds. The molecule has 0 N–H and O–H groups in total. The van der Waals surface area contributed by atoms with Crippen LogP contribution in [-0.4, -0.2) is 56.6 Å². The minimum Gasteiger partial charge on any atom is -0.305 e. The van der Waals surface area contributed by atoms with Crippen LogP contribution in [0, 0.1) is 5.92 Å². The van der Waals surface area contributed by atoms with Crippen LogP contribution < -0.4 is 0 Å². The Morgan fingerprint density at radius 3 is 2.33 bits per heavy atom. The summed E-state index contributed by atoms with van der Waals surface area (Å²) in [7, 11) is 1.02. The van der Waals surface area contributed by atoms with Gasteiger partial charge >= 0.3 is 0 Å². The average Bonchev–Trinajstić information content (AvgIpc) is 2.47. The van der Waals surface area contributed by atoms with E-state index in [1.807, 2.05) is 21.0 Å². The smallest absolute Gasteiger partial charge is 0.214 e. The van der Waals surface area contributed by atoms with E-state index in [1.165, 1.54) is 0 Å². The predicted octanol–water partition coefficient (Wildman–Crippen LogP) is 0.608. The van der Waals surface area contributed by atoms with E-state index in [-0.39, 0.29) is 5.75 Å². The first-order valence-electron chi connectivity index (χ1n) is 5.52. The van der Waals surface area contributed by atoms with Crippen molar-refractivity contribution in [1.29, 1.82) is 0 Å². The fourth-order valence-electron chi connectivity index (χ4n) is 2.19. The molecule has 0 aromatic carbocycles. The van der Waals surface area contributed by atoms with E-state index in [4.69, 9.17) is 0 Å². The SMILES string of the molecule is CCCS(=O)(=O)N1CC(C)C(N(C)C)C1. The van der Waals surface area contributed by atoms with Crippen LogP contribution in [0.4, 0.5) is 0 Å². The largest absolute Gasteiger partial charge is 0.305 e. The van der Waals surface area contributed by atoms with Gasteiger partial charge in [0.2, 0.25) is 10.0 Å². The fraction of sp³-hybridized carbons (Fsp3) is 1.00. The lowest BCUT2D eigenvalue weighted by Crippen LogP contribution is -2.36. The Hall–Kier alpha value is -0.130. The highest BCUT2D eigenvalue weighted by Crippen LogP contribution is 2.22. The second kappa shape index (κ2) is 4.80. The molecule has 5 heteroatoms. The summed E-state index contributed by atoms with van der Waals surface area (Å²) in [5.41, 5.74) is 0. The molecule has 1 fully saturated rings. The zero-order valence-electron chi connectivity index (χ0n) is 10.1. The number of nitrogens with zero attached hydrogens (tertiary/aromatic N) is 2. The molecule has 0 saturated carbocycles. The maximum Gasteiger partial charge on any atom is 0.214 e. The van der Waals surface area contributed by atoms with Crippen LogP contribution in [0.1, 0.15) is 20.3 Å². The molecule has 1 heterocycles. The van der Waals surface area contributed by atoms with Gasteiger partial charge in [0.25, 0.3) is 0 Å². The average molecular weight is 234 g/mol. The summed E-state index contributed by atoms with van der Waals surface area (Å²) in [5, 5.41) is 0. The first kappa shape index (κ1) is 12.9. The van der Waals surface area contributed by atoms with Gasteiger partial charge in [0.05, 0.1) is 5.75 Å². The third-order valence-electron chi connectivity index (χ3n) is 3.06. The Kier molecular flexibility index (Phi) is 4.14. The molecule has 0 radical (unpaired) electrons. The van der Waals surface area contributed by atoms with Crippen molar-refractivity contribution in [1.82, 2.24) is 9.21 Å². The summed E-state index contributed by atoms with van der Waals surface area (Å²) < 4.78 is 25.4. The minimum absolute atomic E-state index is 0.278. The van der Waals surface area contributed by atoms with E-state index < -0.39 is 10.0 Å². The molecule has 2 unspecified atom stereocenters. The van der Waals surface area contributed by atoms with Crippen LogP contribution in [0.2, 0.25) is 0 Å². The lowest BCUT2D eigenvalue weighted by atomic mass is 10.1. The zero-order chi connectivity index (χ0) is 11.6. The Morgan fingerprint density at radius 2 is 1.93 bits per heavy atom. The Labute approximate surface area is 93.3 Å². The van der Waals surface area contributed by atoms with Gasteiger partial charge in [0.1, 0.15) is 0 Å². The Bertz CT molecular complexity index is 301. The topological polar surface area (TPSA) is 40.6 Å². The third-order valence-corrected chi connectivity index (χ3v) is 5.07. The Balaban J connectivity index is 2.70. The highest BCUT2D eigenvalue weighted by Gasteiger charge is 2.36. The minimum atomic E-state index is -3.00. The van der Waals surface area contributed by atoms with Crippen molar-refractivity contribution in [2.45, 2.75) is 26.3 Å². The van der Waals surface area contributed by atoms with Crippen LogP contribution in [0.25, 0.3) is 0 Å². The monoisotopic (exact) mass is 234 g/mol. The van der Waals surface area contributed by atoms with E-state index >= 15 is 0 Å². The molecular formula is C10H22N2O2S. The van der Waals surface area contributed by atoms with Crippen LogP contribution in [0.15, 0.2) is 0 Å². The molecule has 1 aliphatic rings.